The van der Waals surface area contributed by atoms with Gasteiger partial charge >= 0.3 is 0 Å². The fourth-order valence-corrected chi connectivity index (χ4v) is 2.98. The van der Waals surface area contributed by atoms with Gasteiger partial charge in [0, 0.05) is 4.47 Å². The van der Waals surface area contributed by atoms with E-state index in [4.69, 9.17) is 16.0 Å². The summed E-state index contributed by atoms with van der Waals surface area (Å²) in [5.41, 5.74) is 0.627. The zero-order valence-corrected chi connectivity index (χ0v) is 14.3. The van der Waals surface area contributed by atoms with Gasteiger partial charge in [0.2, 0.25) is 0 Å². The van der Waals surface area contributed by atoms with E-state index >= 15 is 0 Å². The second-order valence-electron chi connectivity index (χ2n) is 3.43. The van der Waals surface area contributed by atoms with Gasteiger partial charge in [0.1, 0.15) is 11.6 Å². The summed E-state index contributed by atoms with van der Waals surface area (Å²) in [4.78, 5) is 0. The topological polar surface area (TPSA) is 25.2 Å². The molecule has 0 aliphatic rings. The predicted octanol–water partition coefficient (Wildman–Crippen LogP) is 5.97. The molecule has 0 saturated heterocycles. The first-order chi connectivity index (χ1) is 8.47. The van der Waals surface area contributed by atoms with Crippen LogP contribution < -0.4 is 5.32 Å². The highest BCUT2D eigenvalue weighted by Gasteiger charge is 2.10. The predicted molar refractivity (Wildman–Crippen MR) is 80.5 cm³/mol. The van der Waals surface area contributed by atoms with E-state index in [1.807, 2.05) is 6.07 Å². The summed E-state index contributed by atoms with van der Waals surface area (Å²) >= 11 is 15.8. The minimum absolute atomic E-state index is 0.312. The van der Waals surface area contributed by atoms with Crippen molar-refractivity contribution < 1.29 is 8.81 Å². The van der Waals surface area contributed by atoms with Crippen molar-refractivity contribution in [1.29, 1.82) is 0 Å². The van der Waals surface area contributed by atoms with Crippen LogP contribution in [0.5, 0.6) is 0 Å². The molecule has 0 unspecified atom stereocenters. The van der Waals surface area contributed by atoms with Crippen molar-refractivity contribution in [2.45, 2.75) is 6.54 Å². The lowest BCUT2D eigenvalue weighted by atomic mass is 10.3. The summed E-state index contributed by atoms with van der Waals surface area (Å²) < 4.78 is 20.5. The van der Waals surface area contributed by atoms with Crippen molar-refractivity contribution >= 4 is 65.1 Å². The summed E-state index contributed by atoms with van der Waals surface area (Å²) in [6.45, 7) is 0.439. The Hall–Kier alpha value is -0.0400. The molecule has 0 aliphatic carbocycles. The first-order valence-corrected chi connectivity index (χ1v) is 7.55. The van der Waals surface area contributed by atoms with Crippen LogP contribution in [0.3, 0.4) is 0 Å². The van der Waals surface area contributed by atoms with Gasteiger partial charge in [-0.1, -0.05) is 11.6 Å². The third-order valence-electron chi connectivity index (χ3n) is 2.14. The highest BCUT2D eigenvalue weighted by molar-refractivity contribution is 9.13. The number of hydrogen-bond acceptors (Lipinski definition) is 2. The van der Waals surface area contributed by atoms with Gasteiger partial charge in [-0.25, -0.2) is 4.39 Å². The Balaban J connectivity index is 2.15. The molecule has 0 saturated carbocycles. The van der Waals surface area contributed by atoms with Gasteiger partial charge in [0.05, 0.1) is 21.7 Å². The normalized spacial score (nSPS) is 10.7. The largest absolute Gasteiger partial charge is 0.451 e. The molecule has 7 heteroatoms. The van der Waals surface area contributed by atoms with Crippen LogP contribution in [0.4, 0.5) is 10.1 Å². The zero-order valence-electron chi connectivity index (χ0n) is 8.74. The summed E-state index contributed by atoms with van der Waals surface area (Å²) in [5, 5.41) is 3.40. The van der Waals surface area contributed by atoms with E-state index in [1.54, 1.807) is 0 Å². The molecule has 0 radical (unpaired) electrons. The molecule has 18 heavy (non-hydrogen) atoms. The van der Waals surface area contributed by atoms with Crippen molar-refractivity contribution in [2.75, 3.05) is 5.32 Å². The molecule has 0 spiro atoms. The van der Waals surface area contributed by atoms with E-state index in [2.05, 4.69) is 53.1 Å². The van der Waals surface area contributed by atoms with Crippen LogP contribution in [-0.4, -0.2) is 0 Å². The van der Waals surface area contributed by atoms with Gasteiger partial charge in [0.25, 0.3) is 0 Å². The maximum atomic E-state index is 13.1. The summed E-state index contributed by atoms with van der Waals surface area (Å²) in [6, 6.07) is 4.44. The Morgan fingerprint density at radius 2 is 1.89 bits per heavy atom. The maximum absolute atomic E-state index is 13.1. The van der Waals surface area contributed by atoms with Gasteiger partial charge in [-0.3, -0.25) is 0 Å². The third kappa shape index (κ3) is 3.29. The lowest BCUT2D eigenvalue weighted by Gasteiger charge is -2.09. The molecule has 1 N–H and O–H groups in total. The number of nitrogens with one attached hydrogen (secondary N) is 1. The number of furan rings is 1. The summed E-state index contributed by atoms with van der Waals surface area (Å²) in [5.74, 6) is 0.335. The van der Waals surface area contributed by atoms with Gasteiger partial charge in [-0.05, 0) is 66.0 Å². The second-order valence-corrected chi connectivity index (χ2v) is 6.27. The zero-order chi connectivity index (χ0) is 13.3. The highest BCUT2D eigenvalue weighted by Crippen LogP contribution is 2.33. The fourth-order valence-electron chi connectivity index (χ4n) is 1.37. The monoisotopic (exact) mass is 459 g/mol. The maximum Gasteiger partial charge on any atom is 0.183 e. The lowest BCUT2D eigenvalue weighted by molar-refractivity contribution is 0.494. The molecule has 2 nitrogen and oxygen atoms in total. The number of rotatable bonds is 3. The van der Waals surface area contributed by atoms with E-state index in [9.17, 15) is 4.39 Å². The molecule has 1 aromatic heterocycles. The Morgan fingerprint density at radius 3 is 2.44 bits per heavy atom. The molecular weight excluding hydrogens is 456 g/mol. The van der Waals surface area contributed by atoms with Crippen LogP contribution in [-0.2, 0) is 6.54 Å². The van der Waals surface area contributed by atoms with Crippen LogP contribution in [0.15, 0.2) is 36.2 Å². The van der Waals surface area contributed by atoms with Crippen molar-refractivity contribution in [2.24, 2.45) is 0 Å². The molecule has 0 bridgehead atoms. The molecule has 0 amide bonds. The van der Waals surface area contributed by atoms with Crippen molar-refractivity contribution in [1.82, 2.24) is 0 Å². The Morgan fingerprint density at radius 1 is 1.17 bits per heavy atom. The molecule has 0 atom stereocenters. The number of hydrogen-bond donors (Lipinski definition) is 1. The molecule has 0 aliphatic heterocycles. The quantitative estimate of drug-likeness (QED) is 0.608. The standard InChI is InChI=1S/C11H6Br3ClFNO/c12-7-1-5(16)2-9(15)10(7)17-4-6-3-8(13)11(14)18-6/h1-3,17H,4H2. The average Bonchev–Trinajstić information content (AvgIpc) is 2.56. The van der Waals surface area contributed by atoms with Crippen LogP contribution in [0.1, 0.15) is 5.76 Å². The molecule has 96 valence electrons. The van der Waals surface area contributed by atoms with Crippen LogP contribution >= 0.6 is 59.4 Å². The summed E-state index contributed by atoms with van der Waals surface area (Å²) in [6.07, 6.45) is 0. The second kappa shape index (κ2) is 5.94. The lowest BCUT2D eigenvalue weighted by Crippen LogP contribution is -2.00. The molecule has 0 fully saturated rings. The molecule has 1 aromatic carbocycles. The fraction of sp³-hybridized carbons (Fsp3) is 0.0909. The molecule has 2 rings (SSSR count). The highest BCUT2D eigenvalue weighted by atomic mass is 79.9. The van der Waals surface area contributed by atoms with E-state index < -0.39 is 0 Å². The Labute approximate surface area is 133 Å². The van der Waals surface area contributed by atoms with Gasteiger partial charge in [0.15, 0.2) is 4.67 Å². The van der Waals surface area contributed by atoms with E-state index in [1.165, 1.54) is 12.1 Å². The van der Waals surface area contributed by atoms with Gasteiger partial charge in [-0.15, -0.1) is 0 Å². The minimum atomic E-state index is -0.388. The van der Waals surface area contributed by atoms with Crippen LogP contribution in [0, 0.1) is 5.82 Å². The van der Waals surface area contributed by atoms with E-state index in [0.29, 0.717) is 26.4 Å². The van der Waals surface area contributed by atoms with Crippen molar-refractivity contribution in [3.8, 4) is 0 Å². The van der Waals surface area contributed by atoms with Crippen molar-refractivity contribution in [3.63, 3.8) is 0 Å². The van der Waals surface area contributed by atoms with E-state index in [0.717, 1.165) is 10.2 Å². The molecule has 2 aromatic rings. The number of benzene rings is 1. The average molecular weight is 462 g/mol. The van der Waals surface area contributed by atoms with Crippen LogP contribution in [0.2, 0.25) is 5.02 Å². The third-order valence-corrected chi connectivity index (χ3v) is 4.78. The van der Waals surface area contributed by atoms with E-state index in [-0.39, 0.29) is 5.82 Å². The minimum Gasteiger partial charge on any atom is -0.451 e. The van der Waals surface area contributed by atoms with Gasteiger partial charge < -0.3 is 9.73 Å². The Bertz CT molecular complexity index is 545. The first-order valence-electron chi connectivity index (χ1n) is 4.79. The first kappa shape index (κ1) is 14.4. The summed E-state index contributed by atoms with van der Waals surface area (Å²) in [7, 11) is 0. The Kier molecular flexibility index (Phi) is 4.75. The molecular formula is C11H6Br3ClFNO. The smallest absolute Gasteiger partial charge is 0.183 e. The molecule has 1 heterocycles. The van der Waals surface area contributed by atoms with Crippen LogP contribution in [0.25, 0.3) is 0 Å². The van der Waals surface area contributed by atoms with Gasteiger partial charge in [-0.2, -0.15) is 0 Å². The number of anilines is 1. The number of halogens is 5. The SMILES string of the molecule is Fc1cc(Cl)c(NCc2cc(Br)c(Br)o2)c(Br)c1. The van der Waals surface area contributed by atoms with Crippen molar-refractivity contribution in [3.05, 3.63) is 48.4 Å².